The highest BCUT2D eigenvalue weighted by molar-refractivity contribution is 6.30. The van der Waals surface area contributed by atoms with Crippen LogP contribution in [-0.4, -0.2) is 34.0 Å². The Balaban J connectivity index is 1.91. The van der Waals surface area contributed by atoms with Crippen molar-refractivity contribution < 1.29 is 23.0 Å². The van der Waals surface area contributed by atoms with Gasteiger partial charge in [0.15, 0.2) is 0 Å². The molecule has 0 amide bonds. The highest BCUT2D eigenvalue weighted by Gasteiger charge is 2.36. The van der Waals surface area contributed by atoms with E-state index in [1.807, 2.05) is 0 Å². The number of benzene rings is 1. The number of esters is 1. The quantitative estimate of drug-likeness (QED) is 0.386. The van der Waals surface area contributed by atoms with Gasteiger partial charge in [-0.2, -0.15) is 18.9 Å². The van der Waals surface area contributed by atoms with Gasteiger partial charge in [0, 0.05) is 16.3 Å². The number of carbonyl (C=O) groups is 1. The molecule has 10 heteroatoms. The van der Waals surface area contributed by atoms with E-state index in [0.717, 1.165) is 32.1 Å². The summed E-state index contributed by atoms with van der Waals surface area (Å²) in [5.74, 6) is -0.304. The summed E-state index contributed by atoms with van der Waals surface area (Å²) < 4.78 is 37.7. The molecule has 2 heterocycles. The van der Waals surface area contributed by atoms with Crippen LogP contribution in [0, 0.1) is 0 Å². The average molecular weight is 455 g/mol. The summed E-state index contributed by atoms with van der Waals surface area (Å²) in [5, 5.41) is 7.49. The Morgan fingerprint density at radius 3 is 2.81 bits per heavy atom. The summed E-state index contributed by atoms with van der Waals surface area (Å²) in [4.78, 5) is 17.2. The number of nitrogens with one attached hydrogen (secondary N) is 1. The van der Waals surface area contributed by atoms with Crippen LogP contribution in [0.3, 0.4) is 0 Å². The van der Waals surface area contributed by atoms with E-state index in [2.05, 4.69) is 22.3 Å². The van der Waals surface area contributed by atoms with Crippen LogP contribution >= 0.6 is 11.6 Å². The Morgan fingerprint density at radius 1 is 1.29 bits per heavy atom. The van der Waals surface area contributed by atoms with Crippen LogP contribution in [0.1, 0.15) is 57.6 Å². The Kier molecular flexibility index (Phi) is 7.84. The lowest BCUT2D eigenvalue weighted by atomic mass is 9.95. The first kappa shape index (κ1) is 23.0. The highest BCUT2D eigenvalue weighted by atomic mass is 35.5. The van der Waals surface area contributed by atoms with E-state index in [4.69, 9.17) is 21.1 Å². The maximum atomic E-state index is 13.0. The van der Waals surface area contributed by atoms with Crippen LogP contribution < -0.4 is 10.1 Å². The van der Waals surface area contributed by atoms with Gasteiger partial charge in [0.2, 0.25) is 5.95 Å². The molecule has 0 fully saturated rings. The van der Waals surface area contributed by atoms with E-state index >= 15 is 0 Å². The monoisotopic (exact) mass is 454 g/mol. The average Bonchev–Trinajstić information content (AvgIpc) is 3.18. The lowest BCUT2D eigenvalue weighted by Gasteiger charge is -2.29. The zero-order chi connectivity index (χ0) is 22.4. The normalized spacial score (nSPS) is 15.6. The van der Waals surface area contributed by atoms with Crippen molar-refractivity contribution in [2.24, 2.45) is 0 Å². The number of ether oxygens (including phenoxy) is 2. The number of hydrogen-bond donors (Lipinski definition) is 1. The number of alkyl halides is 2. The van der Waals surface area contributed by atoms with Crippen LogP contribution in [0.4, 0.5) is 14.7 Å². The van der Waals surface area contributed by atoms with E-state index in [0.29, 0.717) is 16.7 Å². The van der Waals surface area contributed by atoms with E-state index in [9.17, 15) is 13.6 Å². The van der Waals surface area contributed by atoms with E-state index in [-0.39, 0.29) is 23.5 Å². The molecule has 168 valence electrons. The van der Waals surface area contributed by atoms with Crippen molar-refractivity contribution in [3.05, 3.63) is 46.4 Å². The van der Waals surface area contributed by atoms with Gasteiger partial charge in [-0.15, -0.1) is 0 Å². The maximum Gasteiger partial charge on any atom is 0.387 e. The van der Waals surface area contributed by atoms with Crippen molar-refractivity contribution in [1.82, 2.24) is 14.8 Å². The maximum absolute atomic E-state index is 13.0. The molecule has 1 aromatic heterocycles. The number of aromatic nitrogens is 3. The summed E-state index contributed by atoms with van der Waals surface area (Å²) in [5.41, 5.74) is 0.979. The molecule has 1 atom stereocenters. The molecule has 0 bridgehead atoms. The predicted octanol–water partition coefficient (Wildman–Crippen LogP) is 5.34. The zero-order valence-corrected chi connectivity index (χ0v) is 18.2. The van der Waals surface area contributed by atoms with E-state index < -0.39 is 18.6 Å². The smallest absolute Gasteiger partial charge is 0.387 e. The van der Waals surface area contributed by atoms with Crippen molar-refractivity contribution in [1.29, 1.82) is 0 Å². The molecule has 0 saturated carbocycles. The number of nitrogens with zero attached hydrogens (tertiary/aromatic N) is 3. The third-order valence-corrected chi connectivity index (χ3v) is 5.21. The van der Waals surface area contributed by atoms with Crippen molar-refractivity contribution in [3.63, 3.8) is 0 Å². The fourth-order valence-electron chi connectivity index (χ4n) is 3.53. The Labute approximate surface area is 184 Å². The van der Waals surface area contributed by atoms with Crippen LogP contribution in [0.25, 0.3) is 0 Å². The van der Waals surface area contributed by atoms with Gasteiger partial charge in [0.25, 0.3) is 0 Å². The van der Waals surface area contributed by atoms with Gasteiger partial charge in [-0.25, -0.2) is 9.48 Å². The van der Waals surface area contributed by atoms with Crippen LogP contribution in [0.15, 0.2) is 35.8 Å². The first-order valence-corrected chi connectivity index (χ1v) is 10.6. The van der Waals surface area contributed by atoms with Crippen molar-refractivity contribution in [3.8, 4) is 5.75 Å². The lowest BCUT2D eigenvalue weighted by Crippen LogP contribution is -2.30. The number of fused-ring (bicyclic) bond motifs is 1. The minimum atomic E-state index is -3.04. The van der Waals surface area contributed by atoms with Crippen molar-refractivity contribution in [2.45, 2.75) is 58.6 Å². The molecular weight excluding hydrogens is 430 g/mol. The summed E-state index contributed by atoms with van der Waals surface area (Å²) >= 11 is 6.15. The molecule has 1 aliphatic heterocycles. The second-order valence-electron chi connectivity index (χ2n) is 7.21. The summed E-state index contributed by atoms with van der Waals surface area (Å²) in [6.07, 6.45) is 6.38. The zero-order valence-electron chi connectivity index (χ0n) is 17.4. The van der Waals surface area contributed by atoms with Gasteiger partial charge in [0.05, 0.1) is 12.2 Å². The number of anilines is 1. The molecule has 31 heavy (non-hydrogen) atoms. The van der Waals surface area contributed by atoms with Gasteiger partial charge in [-0.1, -0.05) is 44.2 Å². The van der Waals surface area contributed by atoms with Gasteiger partial charge in [-0.05, 0) is 31.5 Å². The first-order valence-electron chi connectivity index (χ1n) is 10.2. The second kappa shape index (κ2) is 10.6. The molecule has 0 spiro atoms. The van der Waals surface area contributed by atoms with Gasteiger partial charge in [-0.3, -0.25) is 0 Å². The Morgan fingerprint density at radius 2 is 2.06 bits per heavy atom. The summed E-state index contributed by atoms with van der Waals surface area (Å²) in [6.45, 7) is 1.06. The van der Waals surface area contributed by atoms with Crippen molar-refractivity contribution >= 4 is 23.5 Å². The number of allylic oxidation sites excluding steroid dienone is 1. The fourth-order valence-corrected chi connectivity index (χ4v) is 3.71. The second-order valence-corrected chi connectivity index (χ2v) is 7.64. The lowest BCUT2D eigenvalue weighted by molar-refractivity contribution is -0.139. The highest BCUT2D eigenvalue weighted by Crippen LogP contribution is 2.40. The molecule has 0 aliphatic carbocycles. The predicted molar refractivity (Wildman–Crippen MR) is 112 cm³/mol. The molecule has 1 N–H and O–H groups in total. The van der Waals surface area contributed by atoms with Crippen molar-refractivity contribution in [2.75, 3.05) is 11.9 Å². The number of halogens is 3. The molecular formula is C21H25ClF2N4O3. The topological polar surface area (TPSA) is 78.3 Å². The molecule has 1 aromatic carbocycles. The molecule has 0 unspecified atom stereocenters. The minimum absolute atomic E-state index is 0.106. The molecule has 0 saturated heterocycles. The third-order valence-electron chi connectivity index (χ3n) is 4.98. The standard InChI is InChI=1S/C21H25ClF2N4O3/c1-3-4-5-6-7-10-30-19(29)17-13(2)27-21-25-12-26-28(21)18(17)15-11-14(22)8-9-16(15)31-20(23)24/h8-9,11-12,18,20H,3-7,10H2,1-2H3,(H,25,26,27)/t18-/m1/s1. The van der Waals surface area contributed by atoms with Gasteiger partial charge >= 0.3 is 12.6 Å². The molecule has 2 aromatic rings. The molecule has 3 rings (SSSR count). The van der Waals surface area contributed by atoms with Gasteiger partial charge in [0.1, 0.15) is 18.1 Å². The summed E-state index contributed by atoms with van der Waals surface area (Å²) in [6, 6.07) is 3.37. The van der Waals surface area contributed by atoms with Crippen LogP contribution in [-0.2, 0) is 9.53 Å². The molecule has 7 nitrogen and oxygen atoms in total. The Bertz CT molecular complexity index is 948. The number of unbranched alkanes of at least 4 members (excludes halogenated alkanes) is 4. The number of hydrogen-bond acceptors (Lipinski definition) is 6. The van der Waals surface area contributed by atoms with Crippen LogP contribution in [0.5, 0.6) is 5.75 Å². The Hall–Kier alpha value is -2.68. The largest absolute Gasteiger partial charge is 0.462 e. The van der Waals surface area contributed by atoms with Crippen LogP contribution in [0.2, 0.25) is 5.02 Å². The first-order chi connectivity index (χ1) is 14.9. The molecule has 1 aliphatic rings. The van der Waals surface area contributed by atoms with Gasteiger partial charge < -0.3 is 14.8 Å². The van der Waals surface area contributed by atoms with E-state index in [1.165, 1.54) is 29.2 Å². The van der Waals surface area contributed by atoms with E-state index in [1.54, 1.807) is 6.92 Å². The fraction of sp³-hybridized carbons (Fsp3) is 0.476. The summed E-state index contributed by atoms with van der Waals surface area (Å²) in [7, 11) is 0. The molecule has 0 radical (unpaired) electrons. The third kappa shape index (κ3) is 5.52. The number of rotatable bonds is 10. The SMILES string of the molecule is CCCCCCCOC(=O)C1=C(C)Nc2ncnn2[C@@H]1c1cc(Cl)ccc1OC(F)F. The minimum Gasteiger partial charge on any atom is -0.462 e. The number of carbonyl (C=O) groups excluding carboxylic acids is 1.